The first-order chi connectivity index (χ1) is 17.5. The van der Waals surface area contributed by atoms with Crippen LogP contribution in [0.1, 0.15) is 44.7 Å². The topological polar surface area (TPSA) is 75.7 Å². The maximum absolute atomic E-state index is 14.6. The van der Waals surface area contributed by atoms with E-state index >= 15 is 0 Å². The molecule has 0 bridgehead atoms. The molecule has 0 radical (unpaired) electrons. The van der Waals surface area contributed by atoms with Gasteiger partial charge in [-0.05, 0) is 42.2 Å². The summed E-state index contributed by atoms with van der Waals surface area (Å²) in [6.07, 6.45) is 1.21. The molecule has 3 fully saturated rings. The average Bonchev–Trinajstić information content (AvgIpc) is 3.19. The smallest absolute Gasteiger partial charge is 0.357 e. The summed E-state index contributed by atoms with van der Waals surface area (Å²) in [6, 6.07) is 22.0. The Kier molecular flexibility index (Phi) is 4.71. The molecular weight excluding hydrogens is 466 g/mol. The normalized spacial score (nSPS) is 29.0. The molecule has 190 valence electrons. The molecule has 6 nitrogen and oxygen atoms in total. The lowest BCUT2D eigenvalue weighted by molar-refractivity contribution is -0.230. The summed E-state index contributed by atoms with van der Waals surface area (Å²) in [5, 5.41) is 14.6. The number of benzene rings is 3. The highest BCUT2D eigenvalue weighted by molar-refractivity contribution is 6.05. The van der Waals surface area contributed by atoms with E-state index in [4.69, 9.17) is 9.47 Å². The summed E-state index contributed by atoms with van der Waals surface area (Å²) in [5.41, 5.74) is 0.314. The molecule has 1 aliphatic heterocycles. The number of esters is 2. The van der Waals surface area contributed by atoms with Gasteiger partial charge in [-0.1, -0.05) is 57.2 Å². The lowest BCUT2D eigenvalue weighted by atomic mass is 9.73. The van der Waals surface area contributed by atoms with Crippen LogP contribution >= 0.6 is 0 Å². The molecule has 3 aliphatic rings. The maximum atomic E-state index is 14.6. The molecule has 0 amide bonds. The molecule has 0 aromatic heterocycles. The highest BCUT2D eigenvalue weighted by atomic mass is 16.6. The largest absolute Gasteiger partial charge is 0.616 e. The van der Waals surface area contributed by atoms with Gasteiger partial charge in [-0.3, -0.25) is 9.44 Å². The Labute approximate surface area is 217 Å². The fraction of sp³-hybridized carbons (Fsp3) is 0.355. The van der Waals surface area contributed by atoms with Gasteiger partial charge in [0.25, 0.3) is 0 Å². The van der Waals surface area contributed by atoms with Crippen molar-refractivity contribution in [3.63, 3.8) is 0 Å². The first kappa shape index (κ1) is 23.9. The molecule has 1 saturated heterocycles. The fourth-order valence-corrected chi connectivity index (χ4v) is 7.67. The molecule has 2 saturated carbocycles. The quantitative estimate of drug-likeness (QED) is 0.168. The average molecular weight is 498 g/mol. The number of hydrogen-bond acceptors (Lipinski definition) is 5. The van der Waals surface area contributed by atoms with Crippen LogP contribution in [0.15, 0.2) is 72.8 Å². The van der Waals surface area contributed by atoms with Crippen LogP contribution in [0.2, 0.25) is 0 Å². The molecule has 0 N–H and O–H groups in total. The van der Waals surface area contributed by atoms with E-state index < -0.39 is 21.6 Å². The van der Waals surface area contributed by atoms with Gasteiger partial charge in [-0.2, -0.15) is 0 Å². The second kappa shape index (κ2) is 7.30. The second-order valence-electron chi connectivity index (χ2n) is 11.5. The summed E-state index contributed by atoms with van der Waals surface area (Å²) in [6.45, 7) is 9.82. The van der Waals surface area contributed by atoms with Gasteiger partial charge in [-0.15, -0.1) is 0 Å². The predicted molar refractivity (Wildman–Crippen MR) is 141 cm³/mol. The van der Waals surface area contributed by atoms with E-state index in [-0.39, 0.29) is 16.8 Å². The molecule has 37 heavy (non-hydrogen) atoms. The molecule has 2 unspecified atom stereocenters. The lowest BCUT2D eigenvalue weighted by Gasteiger charge is -2.46. The molecule has 1 heterocycles. The van der Waals surface area contributed by atoms with Gasteiger partial charge in [0, 0.05) is 42.8 Å². The van der Waals surface area contributed by atoms with Crippen molar-refractivity contribution in [3.05, 3.63) is 89.1 Å². The Morgan fingerprint density at radius 3 is 1.84 bits per heavy atom. The molecule has 3 aromatic rings. The molecular formula is C31H31NO5. The number of carbonyl (C=O) groups excluding carboxylic acids is 2. The van der Waals surface area contributed by atoms with Crippen LogP contribution in [-0.2, 0) is 14.3 Å². The SMILES string of the molecule is Cc1cc([N+]([O-])(c2ccccc2)c2ccccc2)cc(C)c1OC(=O)C12CC[C@@]3(C)C(C)(C)C13C(=O)O2. The number of nitrogens with zero attached hydrogens (tertiary/aromatic N) is 1. The second-order valence-corrected chi connectivity index (χ2v) is 11.5. The molecule has 2 aliphatic carbocycles. The van der Waals surface area contributed by atoms with Crippen LogP contribution < -0.4 is 9.38 Å². The third-order valence-electron chi connectivity index (χ3n) is 9.81. The number of ether oxygens (including phenoxy) is 2. The molecule has 6 rings (SSSR count). The van der Waals surface area contributed by atoms with Crippen molar-refractivity contribution in [3.8, 4) is 5.75 Å². The van der Waals surface area contributed by atoms with E-state index in [1.54, 1.807) is 12.1 Å². The third-order valence-corrected chi connectivity index (χ3v) is 9.81. The Bertz CT molecular complexity index is 1390. The van der Waals surface area contributed by atoms with Gasteiger partial charge in [0.05, 0.1) is 0 Å². The van der Waals surface area contributed by atoms with E-state index in [1.165, 1.54) is 0 Å². The summed E-state index contributed by atoms with van der Waals surface area (Å²) < 4.78 is 10.9. The molecule has 6 heteroatoms. The summed E-state index contributed by atoms with van der Waals surface area (Å²) in [5.74, 6) is -0.410. The van der Waals surface area contributed by atoms with Gasteiger partial charge >= 0.3 is 11.9 Å². The summed E-state index contributed by atoms with van der Waals surface area (Å²) in [7, 11) is 0. The summed E-state index contributed by atoms with van der Waals surface area (Å²) >= 11 is 0. The monoisotopic (exact) mass is 497 g/mol. The Hall–Kier alpha value is -3.48. The number of rotatable bonds is 5. The molecule has 3 atom stereocenters. The van der Waals surface area contributed by atoms with Crippen molar-refractivity contribution in [1.29, 1.82) is 0 Å². The minimum atomic E-state index is -1.24. The van der Waals surface area contributed by atoms with E-state index in [1.807, 2.05) is 88.4 Å². The minimum absolute atomic E-state index is 0.271. The highest BCUT2D eigenvalue weighted by Crippen LogP contribution is 2.92. The van der Waals surface area contributed by atoms with Gasteiger partial charge < -0.3 is 14.7 Å². The number of quaternary nitrogens is 1. The van der Waals surface area contributed by atoms with Crippen molar-refractivity contribution >= 4 is 29.0 Å². The number of para-hydroxylation sites is 2. The fourth-order valence-electron chi connectivity index (χ4n) is 7.67. The van der Waals surface area contributed by atoms with Crippen molar-refractivity contribution in [2.45, 2.75) is 53.1 Å². The van der Waals surface area contributed by atoms with Gasteiger partial charge in [0.1, 0.15) is 28.2 Å². The third kappa shape index (κ3) is 2.57. The number of aryl methyl sites for hydroxylation is 2. The van der Waals surface area contributed by atoms with Crippen LogP contribution in [0.25, 0.3) is 0 Å². The Morgan fingerprint density at radius 2 is 1.38 bits per heavy atom. The Balaban J connectivity index is 1.38. The molecule has 3 aromatic carbocycles. The standard InChI is InChI=1S/C31H31NO5/c1-20-18-24(32(35,22-12-8-6-9-13-22)23-14-10-7-11-15-23)19-21(2)25(20)36-26(33)30-17-16-29(5)28(3,4)31(29,30)27(34)37-30/h6-15,18-19H,16-17H2,1-5H3/t29-,30?,31?/m0/s1. The van der Waals surface area contributed by atoms with Gasteiger partial charge in [0.15, 0.2) is 0 Å². The zero-order valence-corrected chi connectivity index (χ0v) is 21.8. The van der Waals surface area contributed by atoms with E-state index in [0.29, 0.717) is 40.4 Å². The van der Waals surface area contributed by atoms with Crippen LogP contribution in [0.5, 0.6) is 5.75 Å². The highest BCUT2D eigenvalue weighted by Gasteiger charge is 3.01. The van der Waals surface area contributed by atoms with Gasteiger partial charge in [-0.25, -0.2) is 4.79 Å². The minimum Gasteiger partial charge on any atom is -0.616 e. The van der Waals surface area contributed by atoms with Crippen molar-refractivity contribution in [2.24, 2.45) is 16.2 Å². The van der Waals surface area contributed by atoms with Crippen LogP contribution in [-0.4, -0.2) is 17.5 Å². The van der Waals surface area contributed by atoms with Crippen molar-refractivity contribution in [2.75, 3.05) is 0 Å². The van der Waals surface area contributed by atoms with E-state index in [2.05, 4.69) is 6.92 Å². The summed E-state index contributed by atoms with van der Waals surface area (Å²) in [4.78, 5) is 26.4. The van der Waals surface area contributed by atoms with E-state index in [9.17, 15) is 14.8 Å². The van der Waals surface area contributed by atoms with Crippen molar-refractivity contribution in [1.82, 2.24) is 4.65 Å². The zero-order valence-electron chi connectivity index (χ0n) is 21.8. The maximum Gasteiger partial charge on any atom is 0.357 e. The predicted octanol–water partition coefficient (Wildman–Crippen LogP) is 6.80. The molecule has 1 spiro atoms. The first-order valence-electron chi connectivity index (χ1n) is 12.8. The van der Waals surface area contributed by atoms with Gasteiger partial charge in [0.2, 0.25) is 5.60 Å². The first-order valence-corrected chi connectivity index (χ1v) is 12.8. The van der Waals surface area contributed by atoms with Crippen molar-refractivity contribution < 1.29 is 19.1 Å². The van der Waals surface area contributed by atoms with Crippen LogP contribution in [0.4, 0.5) is 17.1 Å². The lowest BCUT2D eigenvalue weighted by Crippen LogP contribution is -2.66. The van der Waals surface area contributed by atoms with E-state index in [0.717, 1.165) is 6.42 Å². The zero-order chi connectivity index (χ0) is 26.4. The number of carbonyl (C=O) groups is 2. The Morgan fingerprint density at radius 1 is 0.865 bits per heavy atom. The van der Waals surface area contributed by atoms with Crippen LogP contribution in [0, 0.1) is 35.3 Å². The van der Waals surface area contributed by atoms with Crippen LogP contribution in [0.3, 0.4) is 0 Å². The number of hydrogen-bond donors (Lipinski definition) is 0.